The molecule has 1 aliphatic heterocycles. The number of hydrogen-bond donors (Lipinski definition) is 5. The van der Waals surface area contributed by atoms with Crippen molar-refractivity contribution in [2.45, 2.75) is 46.8 Å². The summed E-state index contributed by atoms with van der Waals surface area (Å²) >= 11 is 0. The number of nitrogens with zero attached hydrogens (tertiary/aromatic N) is 2. The van der Waals surface area contributed by atoms with Crippen LogP contribution in [0.25, 0.3) is 11.3 Å². The molecule has 0 saturated carbocycles. The summed E-state index contributed by atoms with van der Waals surface area (Å²) in [6, 6.07) is 11.7. The second-order valence-corrected chi connectivity index (χ2v) is 10.7. The molecule has 1 aliphatic rings. The van der Waals surface area contributed by atoms with E-state index < -0.39 is 0 Å². The number of rotatable bonds is 12. The van der Waals surface area contributed by atoms with Crippen LogP contribution in [0.5, 0.6) is 0 Å². The van der Waals surface area contributed by atoms with Gasteiger partial charge in [0.2, 0.25) is 0 Å². The molecule has 10 nitrogen and oxygen atoms in total. The van der Waals surface area contributed by atoms with Crippen molar-refractivity contribution in [3.63, 3.8) is 0 Å². The van der Waals surface area contributed by atoms with Gasteiger partial charge in [0.1, 0.15) is 5.82 Å². The van der Waals surface area contributed by atoms with Crippen molar-refractivity contribution in [2.24, 2.45) is 0 Å². The number of pyridine rings is 2. The maximum absolute atomic E-state index is 13.5. The molecule has 1 saturated heterocycles. The summed E-state index contributed by atoms with van der Waals surface area (Å²) in [6.45, 7) is 13.8. The normalized spacial score (nSPS) is 13.8. The number of carbonyl (C=O) groups excluding carboxylic acids is 1. The van der Waals surface area contributed by atoms with Gasteiger partial charge in [0.25, 0.3) is 11.5 Å². The molecular weight excluding hydrogens is 518 g/mol. The van der Waals surface area contributed by atoms with Crippen LogP contribution < -0.4 is 21.5 Å². The highest BCUT2D eigenvalue weighted by atomic mass is 16.5. The third kappa shape index (κ3) is 8.09. The third-order valence-electron chi connectivity index (χ3n) is 7.05. The average molecular weight is 560 g/mol. The second kappa shape index (κ2) is 14.2. The molecule has 3 aromatic rings. The van der Waals surface area contributed by atoms with E-state index in [1.165, 1.54) is 0 Å². The fraction of sp³-hybridized carbons (Fsp3) is 0.419. The van der Waals surface area contributed by atoms with E-state index in [1.54, 1.807) is 6.07 Å². The van der Waals surface area contributed by atoms with Crippen LogP contribution in [0.15, 0.2) is 41.2 Å². The van der Waals surface area contributed by atoms with Crippen molar-refractivity contribution in [3.05, 3.63) is 80.3 Å². The van der Waals surface area contributed by atoms with Gasteiger partial charge in [-0.25, -0.2) is 4.98 Å². The minimum Gasteiger partial charge on any atom is -0.379 e. The Hall–Kier alpha value is -3.86. The van der Waals surface area contributed by atoms with Gasteiger partial charge in [-0.3, -0.25) is 14.5 Å². The van der Waals surface area contributed by atoms with Gasteiger partial charge in [-0.15, -0.1) is 0 Å². The molecular formula is C31H41N7O3. The molecule has 41 heavy (non-hydrogen) atoms. The fourth-order valence-corrected chi connectivity index (χ4v) is 4.92. The first-order chi connectivity index (χ1) is 19.7. The standard InChI is InChI=1S/C31H41N7O3/c1-20(2)35-29-26(17-32)25(30(39)34-19-27-21(3)14-22(4)36-31(27)40)16-28(37-29)24-7-5-6-23(15-24)18-33-8-9-38-10-12-41-13-11-38/h5-7,14-17,20,32-33H,8-13,18-19H2,1-4H3,(H,34,39)(H,35,37)(H,36,40). The molecule has 5 N–H and O–H groups in total. The molecule has 4 rings (SSSR count). The van der Waals surface area contributed by atoms with Crippen molar-refractivity contribution < 1.29 is 9.53 Å². The minimum atomic E-state index is -0.376. The highest BCUT2D eigenvalue weighted by Crippen LogP contribution is 2.26. The van der Waals surface area contributed by atoms with Gasteiger partial charge in [0, 0.05) is 73.9 Å². The maximum atomic E-state index is 13.5. The van der Waals surface area contributed by atoms with Crippen molar-refractivity contribution in [1.82, 2.24) is 25.5 Å². The van der Waals surface area contributed by atoms with Crippen LogP contribution in [-0.2, 0) is 17.8 Å². The molecule has 1 amide bonds. The zero-order chi connectivity index (χ0) is 29.4. The van der Waals surface area contributed by atoms with Crippen LogP contribution in [0.4, 0.5) is 5.82 Å². The number of benzene rings is 1. The fourth-order valence-electron chi connectivity index (χ4n) is 4.92. The number of ether oxygens (including phenoxy) is 1. The second-order valence-electron chi connectivity index (χ2n) is 10.7. The Balaban J connectivity index is 1.55. The molecule has 0 spiro atoms. The van der Waals surface area contributed by atoms with Gasteiger partial charge in [0.15, 0.2) is 0 Å². The monoisotopic (exact) mass is 559 g/mol. The number of H-pyrrole nitrogens is 1. The molecule has 218 valence electrons. The first-order valence-corrected chi connectivity index (χ1v) is 14.1. The summed E-state index contributed by atoms with van der Waals surface area (Å²) in [7, 11) is 0. The average Bonchev–Trinajstić information content (AvgIpc) is 2.94. The Morgan fingerprint density at radius 2 is 1.95 bits per heavy atom. The van der Waals surface area contributed by atoms with E-state index in [1.807, 2.05) is 45.9 Å². The largest absolute Gasteiger partial charge is 0.379 e. The predicted octanol–water partition coefficient (Wildman–Crippen LogP) is 3.22. The SMILES string of the molecule is Cc1cc(C)c(CNC(=O)c2cc(-c3cccc(CNCCN4CCOCC4)c3)nc(NC(C)C)c2C=N)c(=O)[nH]1. The molecule has 10 heteroatoms. The van der Waals surface area contributed by atoms with Gasteiger partial charge < -0.3 is 31.1 Å². The number of aryl methyl sites for hydroxylation is 2. The van der Waals surface area contributed by atoms with Gasteiger partial charge in [-0.1, -0.05) is 18.2 Å². The number of carbonyl (C=O) groups is 1. The van der Waals surface area contributed by atoms with Crippen LogP contribution in [0.3, 0.4) is 0 Å². The summed E-state index contributed by atoms with van der Waals surface area (Å²) in [4.78, 5) is 36.0. The number of nitrogens with one attached hydrogen (secondary N) is 5. The Morgan fingerprint density at radius 3 is 2.66 bits per heavy atom. The lowest BCUT2D eigenvalue weighted by atomic mass is 10.0. The number of anilines is 1. The molecule has 0 atom stereocenters. The van der Waals surface area contributed by atoms with Crippen LogP contribution >= 0.6 is 0 Å². The summed E-state index contributed by atoms with van der Waals surface area (Å²) < 4.78 is 5.42. The zero-order valence-electron chi connectivity index (χ0n) is 24.4. The number of aromatic nitrogens is 2. The van der Waals surface area contributed by atoms with Crippen molar-refractivity contribution in [2.75, 3.05) is 44.7 Å². The Labute approximate surface area is 241 Å². The van der Waals surface area contributed by atoms with E-state index in [0.717, 1.165) is 68.0 Å². The molecule has 0 aliphatic carbocycles. The molecule has 1 fully saturated rings. The maximum Gasteiger partial charge on any atom is 0.253 e. The highest BCUT2D eigenvalue weighted by molar-refractivity contribution is 6.05. The Bertz CT molecular complexity index is 1430. The van der Waals surface area contributed by atoms with Crippen LogP contribution in [0.2, 0.25) is 0 Å². The first-order valence-electron chi connectivity index (χ1n) is 14.1. The first kappa shape index (κ1) is 30.1. The molecule has 3 heterocycles. The highest BCUT2D eigenvalue weighted by Gasteiger charge is 2.19. The molecule has 0 unspecified atom stereocenters. The molecule has 0 bridgehead atoms. The Morgan fingerprint density at radius 1 is 1.17 bits per heavy atom. The van der Waals surface area contributed by atoms with Crippen molar-refractivity contribution >= 4 is 17.9 Å². The van der Waals surface area contributed by atoms with E-state index in [4.69, 9.17) is 15.1 Å². The smallest absolute Gasteiger partial charge is 0.253 e. The summed E-state index contributed by atoms with van der Waals surface area (Å²) in [6.07, 6.45) is 1.15. The van der Waals surface area contributed by atoms with E-state index in [9.17, 15) is 9.59 Å². The van der Waals surface area contributed by atoms with Crippen LogP contribution in [0, 0.1) is 19.3 Å². The number of hydrogen-bond acceptors (Lipinski definition) is 8. The van der Waals surface area contributed by atoms with E-state index in [0.29, 0.717) is 34.7 Å². The summed E-state index contributed by atoms with van der Waals surface area (Å²) in [5.74, 6) is 0.0929. The van der Waals surface area contributed by atoms with Crippen molar-refractivity contribution in [3.8, 4) is 11.3 Å². The quantitative estimate of drug-likeness (QED) is 0.170. The third-order valence-corrected chi connectivity index (χ3v) is 7.05. The van der Waals surface area contributed by atoms with E-state index in [2.05, 4.69) is 38.0 Å². The topological polar surface area (TPSA) is 135 Å². The Kier molecular flexibility index (Phi) is 10.4. The van der Waals surface area contributed by atoms with Crippen LogP contribution in [-0.4, -0.2) is 72.4 Å². The predicted molar refractivity (Wildman–Crippen MR) is 163 cm³/mol. The minimum absolute atomic E-state index is 0.0446. The summed E-state index contributed by atoms with van der Waals surface area (Å²) in [5, 5.41) is 17.8. The van der Waals surface area contributed by atoms with Crippen LogP contribution in [0.1, 0.15) is 52.2 Å². The summed E-state index contributed by atoms with van der Waals surface area (Å²) in [5.41, 5.74) is 5.20. The molecule has 1 aromatic carbocycles. The lowest BCUT2D eigenvalue weighted by Crippen LogP contribution is -2.40. The zero-order valence-corrected chi connectivity index (χ0v) is 24.4. The molecule has 2 aromatic heterocycles. The molecule has 0 radical (unpaired) electrons. The van der Waals surface area contributed by atoms with E-state index >= 15 is 0 Å². The van der Waals surface area contributed by atoms with E-state index in [-0.39, 0.29) is 24.1 Å². The van der Waals surface area contributed by atoms with Gasteiger partial charge in [-0.05, 0) is 57.0 Å². The van der Waals surface area contributed by atoms with Gasteiger partial charge in [0.05, 0.1) is 24.5 Å². The van der Waals surface area contributed by atoms with Gasteiger partial charge in [-0.2, -0.15) is 0 Å². The lowest BCUT2D eigenvalue weighted by Gasteiger charge is -2.26. The van der Waals surface area contributed by atoms with Crippen molar-refractivity contribution in [1.29, 1.82) is 5.41 Å². The van der Waals surface area contributed by atoms with Gasteiger partial charge >= 0.3 is 0 Å². The number of amides is 1. The lowest BCUT2D eigenvalue weighted by molar-refractivity contribution is 0.0384. The number of aromatic amines is 1. The number of morpholine rings is 1.